The third kappa shape index (κ3) is 2.74. The monoisotopic (exact) mass is 272 g/mol. The predicted molar refractivity (Wildman–Crippen MR) is 77.7 cm³/mol. The van der Waals surface area contributed by atoms with E-state index in [1.807, 2.05) is 43.7 Å². The van der Waals surface area contributed by atoms with Crippen LogP contribution in [-0.2, 0) is 16.1 Å². The van der Waals surface area contributed by atoms with Crippen LogP contribution < -0.4 is 0 Å². The van der Waals surface area contributed by atoms with E-state index < -0.39 is 0 Å². The van der Waals surface area contributed by atoms with Crippen molar-refractivity contribution in [2.24, 2.45) is 0 Å². The molecule has 1 aromatic carbocycles. The number of carbonyl (C=O) groups is 1. The third-order valence-electron chi connectivity index (χ3n) is 3.60. The van der Waals surface area contributed by atoms with Gasteiger partial charge in [0, 0.05) is 11.3 Å². The number of aromatic nitrogens is 2. The van der Waals surface area contributed by atoms with Gasteiger partial charge in [-0.1, -0.05) is 30.3 Å². The Balaban J connectivity index is 2.32. The summed E-state index contributed by atoms with van der Waals surface area (Å²) in [6.07, 6.45) is 0. The lowest BCUT2D eigenvalue weighted by Crippen LogP contribution is -2.13. The van der Waals surface area contributed by atoms with Crippen LogP contribution in [0.15, 0.2) is 30.3 Å². The van der Waals surface area contributed by atoms with Crippen molar-refractivity contribution < 1.29 is 9.53 Å². The fourth-order valence-electron chi connectivity index (χ4n) is 2.54. The second kappa shape index (κ2) is 5.90. The number of esters is 1. The van der Waals surface area contributed by atoms with E-state index in [1.54, 1.807) is 0 Å². The number of rotatable bonds is 4. The first-order valence-electron chi connectivity index (χ1n) is 6.70. The van der Waals surface area contributed by atoms with Gasteiger partial charge in [-0.15, -0.1) is 0 Å². The quantitative estimate of drug-likeness (QED) is 0.804. The average molecular weight is 272 g/mol. The van der Waals surface area contributed by atoms with Gasteiger partial charge in [-0.3, -0.25) is 9.48 Å². The van der Waals surface area contributed by atoms with Crippen molar-refractivity contribution in [1.82, 2.24) is 9.78 Å². The van der Waals surface area contributed by atoms with Crippen molar-refractivity contribution >= 4 is 5.97 Å². The molecule has 4 nitrogen and oxygen atoms in total. The standard InChI is InChI=1S/C16H20N2O2/c1-11(16(19)20-4)15-12(2)17-18(13(15)3)10-14-8-6-5-7-9-14/h5-9,11H,10H2,1-4H3. The second-order valence-corrected chi connectivity index (χ2v) is 4.97. The number of aryl methyl sites for hydroxylation is 1. The highest BCUT2D eigenvalue weighted by Crippen LogP contribution is 2.24. The largest absolute Gasteiger partial charge is 0.469 e. The van der Waals surface area contributed by atoms with E-state index in [1.165, 1.54) is 12.7 Å². The molecule has 0 saturated heterocycles. The SMILES string of the molecule is COC(=O)C(C)c1c(C)nn(Cc2ccccc2)c1C. The van der Waals surface area contributed by atoms with Gasteiger partial charge in [-0.25, -0.2) is 0 Å². The fourth-order valence-corrected chi connectivity index (χ4v) is 2.54. The number of carbonyl (C=O) groups excluding carboxylic acids is 1. The molecule has 4 heteroatoms. The number of hydrogen-bond donors (Lipinski definition) is 0. The predicted octanol–water partition coefficient (Wildman–Crippen LogP) is 2.82. The molecule has 1 atom stereocenters. The Morgan fingerprint density at radius 1 is 1.30 bits per heavy atom. The number of methoxy groups -OCH3 is 1. The smallest absolute Gasteiger partial charge is 0.312 e. The Labute approximate surface area is 119 Å². The number of ether oxygens (including phenoxy) is 1. The van der Waals surface area contributed by atoms with Crippen LogP contribution >= 0.6 is 0 Å². The number of hydrogen-bond acceptors (Lipinski definition) is 3. The Bertz CT molecular complexity index is 602. The van der Waals surface area contributed by atoms with E-state index in [0.717, 1.165) is 17.0 Å². The fraction of sp³-hybridized carbons (Fsp3) is 0.375. The lowest BCUT2D eigenvalue weighted by molar-refractivity contribution is -0.142. The molecule has 0 aliphatic carbocycles. The van der Waals surface area contributed by atoms with E-state index in [9.17, 15) is 4.79 Å². The molecule has 2 rings (SSSR count). The minimum absolute atomic E-state index is 0.226. The average Bonchev–Trinajstić information content (AvgIpc) is 2.73. The van der Waals surface area contributed by atoms with Crippen molar-refractivity contribution in [3.05, 3.63) is 52.8 Å². The molecule has 106 valence electrons. The lowest BCUT2D eigenvalue weighted by atomic mass is 9.99. The summed E-state index contributed by atoms with van der Waals surface area (Å²) < 4.78 is 6.77. The molecule has 0 aliphatic heterocycles. The lowest BCUT2D eigenvalue weighted by Gasteiger charge is -2.10. The van der Waals surface area contributed by atoms with Gasteiger partial charge in [0.2, 0.25) is 0 Å². The first-order chi connectivity index (χ1) is 9.54. The summed E-state index contributed by atoms with van der Waals surface area (Å²) in [5.41, 5.74) is 4.06. The molecule has 0 saturated carbocycles. The molecule has 2 aromatic rings. The van der Waals surface area contributed by atoms with E-state index in [4.69, 9.17) is 4.74 Å². The molecule has 1 heterocycles. The second-order valence-electron chi connectivity index (χ2n) is 4.97. The molecule has 1 unspecified atom stereocenters. The molecule has 0 radical (unpaired) electrons. The maximum Gasteiger partial charge on any atom is 0.312 e. The van der Waals surface area contributed by atoms with Crippen molar-refractivity contribution in [3.63, 3.8) is 0 Å². The van der Waals surface area contributed by atoms with Crippen LogP contribution in [0.3, 0.4) is 0 Å². The van der Waals surface area contributed by atoms with Crippen LogP contribution in [0.1, 0.15) is 35.4 Å². The Kier molecular flexibility index (Phi) is 4.23. The maximum absolute atomic E-state index is 11.7. The molecular weight excluding hydrogens is 252 g/mol. The summed E-state index contributed by atoms with van der Waals surface area (Å²) in [4.78, 5) is 11.7. The van der Waals surface area contributed by atoms with E-state index in [2.05, 4.69) is 17.2 Å². The molecule has 0 bridgehead atoms. The summed E-state index contributed by atoms with van der Waals surface area (Å²) >= 11 is 0. The van der Waals surface area contributed by atoms with Crippen molar-refractivity contribution in [3.8, 4) is 0 Å². The minimum atomic E-state index is -0.287. The maximum atomic E-state index is 11.7. The van der Waals surface area contributed by atoms with E-state index >= 15 is 0 Å². The van der Waals surface area contributed by atoms with Crippen LogP contribution in [0.5, 0.6) is 0 Å². The van der Waals surface area contributed by atoms with Gasteiger partial charge in [0.05, 0.1) is 25.3 Å². The van der Waals surface area contributed by atoms with Crippen LogP contribution in [0.2, 0.25) is 0 Å². The van der Waals surface area contributed by atoms with E-state index in [-0.39, 0.29) is 11.9 Å². The van der Waals surface area contributed by atoms with Crippen LogP contribution in [0.4, 0.5) is 0 Å². The highest BCUT2D eigenvalue weighted by atomic mass is 16.5. The number of benzene rings is 1. The van der Waals surface area contributed by atoms with Gasteiger partial charge >= 0.3 is 5.97 Å². The minimum Gasteiger partial charge on any atom is -0.469 e. The van der Waals surface area contributed by atoms with Crippen LogP contribution in [-0.4, -0.2) is 22.9 Å². The van der Waals surface area contributed by atoms with Gasteiger partial charge in [-0.2, -0.15) is 5.10 Å². The van der Waals surface area contributed by atoms with Crippen LogP contribution in [0, 0.1) is 13.8 Å². The topological polar surface area (TPSA) is 44.1 Å². The molecule has 0 spiro atoms. The summed E-state index contributed by atoms with van der Waals surface area (Å²) in [5.74, 6) is -0.514. The highest BCUT2D eigenvalue weighted by Gasteiger charge is 2.23. The normalized spacial score (nSPS) is 12.2. The molecule has 0 N–H and O–H groups in total. The van der Waals surface area contributed by atoms with Gasteiger partial charge in [0.15, 0.2) is 0 Å². The molecule has 20 heavy (non-hydrogen) atoms. The Hall–Kier alpha value is -2.10. The summed E-state index contributed by atoms with van der Waals surface area (Å²) in [6.45, 7) is 6.50. The Morgan fingerprint density at radius 2 is 1.95 bits per heavy atom. The number of nitrogens with zero attached hydrogens (tertiary/aromatic N) is 2. The zero-order valence-corrected chi connectivity index (χ0v) is 12.4. The van der Waals surface area contributed by atoms with Gasteiger partial charge in [0.25, 0.3) is 0 Å². The van der Waals surface area contributed by atoms with Gasteiger partial charge < -0.3 is 4.74 Å². The van der Waals surface area contributed by atoms with E-state index in [0.29, 0.717) is 6.54 Å². The van der Waals surface area contributed by atoms with Crippen LogP contribution in [0.25, 0.3) is 0 Å². The van der Waals surface area contributed by atoms with Crippen molar-refractivity contribution in [2.75, 3.05) is 7.11 Å². The molecule has 0 aliphatic rings. The highest BCUT2D eigenvalue weighted by molar-refractivity contribution is 5.78. The molecular formula is C16H20N2O2. The Morgan fingerprint density at radius 3 is 2.55 bits per heavy atom. The van der Waals surface area contributed by atoms with Crippen molar-refractivity contribution in [2.45, 2.75) is 33.2 Å². The molecule has 1 aromatic heterocycles. The third-order valence-corrected chi connectivity index (χ3v) is 3.60. The molecule has 0 amide bonds. The first kappa shape index (κ1) is 14.3. The first-order valence-corrected chi connectivity index (χ1v) is 6.70. The zero-order chi connectivity index (χ0) is 14.7. The molecule has 0 fully saturated rings. The summed E-state index contributed by atoms with van der Waals surface area (Å²) in [7, 11) is 1.41. The van der Waals surface area contributed by atoms with Gasteiger partial charge in [0.1, 0.15) is 0 Å². The van der Waals surface area contributed by atoms with Gasteiger partial charge in [-0.05, 0) is 26.3 Å². The summed E-state index contributed by atoms with van der Waals surface area (Å²) in [6, 6.07) is 10.2. The van der Waals surface area contributed by atoms with Crippen molar-refractivity contribution in [1.29, 1.82) is 0 Å². The zero-order valence-electron chi connectivity index (χ0n) is 12.4. The summed E-state index contributed by atoms with van der Waals surface area (Å²) in [5, 5.41) is 4.55.